The summed E-state index contributed by atoms with van der Waals surface area (Å²) in [5, 5.41) is 11.7. The highest BCUT2D eigenvalue weighted by atomic mass is 127. The van der Waals surface area contributed by atoms with Crippen molar-refractivity contribution in [2.45, 2.75) is 70.1 Å². The molecule has 1 unspecified atom stereocenters. The van der Waals surface area contributed by atoms with Gasteiger partial charge in [0.25, 0.3) is 0 Å². The van der Waals surface area contributed by atoms with Crippen LogP contribution in [-0.2, 0) is 29.7 Å². The molecule has 1 aromatic heterocycles. The third-order valence-corrected chi connectivity index (χ3v) is 6.64. The summed E-state index contributed by atoms with van der Waals surface area (Å²) in [4.78, 5) is 9.66. The third-order valence-electron chi connectivity index (χ3n) is 6.64. The molecule has 1 aliphatic carbocycles. The van der Waals surface area contributed by atoms with Gasteiger partial charge in [-0.3, -0.25) is 4.99 Å². The Labute approximate surface area is 214 Å². The second-order valence-corrected chi connectivity index (χ2v) is 8.82. The maximum atomic E-state index is 5.71. The SMILES string of the molecule is CCNC(=NCC1(c2ccccc2OC)CCCC1)NC1CCc2nc(COC)nn2C1.I. The van der Waals surface area contributed by atoms with Crippen LogP contribution in [0.15, 0.2) is 29.3 Å². The van der Waals surface area contributed by atoms with Crippen molar-refractivity contribution in [2.75, 3.05) is 27.3 Å². The lowest BCUT2D eigenvalue weighted by Crippen LogP contribution is -2.47. The van der Waals surface area contributed by atoms with Crippen molar-refractivity contribution >= 4 is 29.9 Å². The van der Waals surface area contributed by atoms with Crippen molar-refractivity contribution in [3.63, 3.8) is 0 Å². The Morgan fingerprint density at radius 3 is 2.76 bits per heavy atom. The van der Waals surface area contributed by atoms with E-state index in [-0.39, 0.29) is 35.4 Å². The van der Waals surface area contributed by atoms with Gasteiger partial charge in [-0.15, -0.1) is 24.0 Å². The van der Waals surface area contributed by atoms with E-state index in [4.69, 9.17) is 14.5 Å². The summed E-state index contributed by atoms with van der Waals surface area (Å²) in [6.07, 6.45) is 6.67. The van der Waals surface area contributed by atoms with Crippen molar-refractivity contribution in [2.24, 2.45) is 4.99 Å². The predicted octanol–water partition coefficient (Wildman–Crippen LogP) is 3.43. The van der Waals surface area contributed by atoms with Crippen LogP contribution in [0.2, 0.25) is 0 Å². The van der Waals surface area contributed by atoms with Crippen LogP contribution in [0.4, 0.5) is 0 Å². The zero-order valence-electron chi connectivity index (χ0n) is 20.0. The van der Waals surface area contributed by atoms with Gasteiger partial charge in [0.1, 0.15) is 18.2 Å². The molecule has 2 heterocycles. The molecule has 4 rings (SSSR count). The lowest BCUT2D eigenvalue weighted by atomic mass is 9.78. The number of fused-ring (bicyclic) bond motifs is 1. The largest absolute Gasteiger partial charge is 0.496 e. The molecule has 0 spiro atoms. The van der Waals surface area contributed by atoms with Gasteiger partial charge < -0.3 is 20.1 Å². The van der Waals surface area contributed by atoms with Crippen molar-refractivity contribution in [3.05, 3.63) is 41.5 Å². The number of aromatic nitrogens is 3. The molecule has 8 nitrogen and oxygen atoms in total. The first-order chi connectivity index (χ1) is 15.7. The zero-order valence-corrected chi connectivity index (χ0v) is 22.3. The number of hydrogen-bond donors (Lipinski definition) is 2. The quantitative estimate of drug-likeness (QED) is 0.289. The van der Waals surface area contributed by atoms with Gasteiger partial charge in [-0.1, -0.05) is 31.0 Å². The highest BCUT2D eigenvalue weighted by molar-refractivity contribution is 14.0. The molecule has 0 radical (unpaired) electrons. The van der Waals surface area contributed by atoms with Gasteiger partial charge >= 0.3 is 0 Å². The molecular weight excluding hydrogens is 531 g/mol. The number of nitrogens with one attached hydrogen (secondary N) is 2. The molecule has 0 saturated heterocycles. The molecule has 2 aliphatic rings. The molecule has 1 aromatic carbocycles. The van der Waals surface area contributed by atoms with Crippen molar-refractivity contribution in [3.8, 4) is 5.75 Å². The lowest BCUT2D eigenvalue weighted by Gasteiger charge is -2.30. The van der Waals surface area contributed by atoms with Crippen LogP contribution < -0.4 is 15.4 Å². The van der Waals surface area contributed by atoms with E-state index in [2.05, 4.69) is 45.8 Å². The van der Waals surface area contributed by atoms with Crippen LogP contribution in [-0.4, -0.2) is 54.1 Å². The van der Waals surface area contributed by atoms with Crippen molar-refractivity contribution in [1.29, 1.82) is 0 Å². The highest BCUT2D eigenvalue weighted by Crippen LogP contribution is 2.44. The second kappa shape index (κ2) is 12.0. The topological polar surface area (TPSA) is 85.6 Å². The average Bonchev–Trinajstić information content (AvgIpc) is 3.45. The van der Waals surface area contributed by atoms with Gasteiger partial charge in [-0.2, -0.15) is 5.10 Å². The Bertz CT molecular complexity index is 925. The third kappa shape index (κ3) is 5.98. The van der Waals surface area contributed by atoms with E-state index in [0.717, 1.165) is 68.7 Å². The van der Waals surface area contributed by atoms with Gasteiger partial charge in [0, 0.05) is 37.1 Å². The van der Waals surface area contributed by atoms with Crippen LogP contribution in [0.1, 0.15) is 56.2 Å². The van der Waals surface area contributed by atoms with E-state index in [1.165, 1.54) is 18.4 Å². The Balaban J connectivity index is 0.00000306. The lowest BCUT2D eigenvalue weighted by molar-refractivity contribution is 0.177. The molecule has 0 bridgehead atoms. The molecule has 1 saturated carbocycles. The predicted molar refractivity (Wildman–Crippen MR) is 141 cm³/mol. The first-order valence-corrected chi connectivity index (χ1v) is 11.8. The summed E-state index contributed by atoms with van der Waals surface area (Å²) in [6, 6.07) is 8.70. The summed E-state index contributed by atoms with van der Waals surface area (Å²) < 4.78 is 12.9. The summed E-state index contributed by atoms with van der Waals surface area (Å²) in [5.41, 5.74) is 1.32. The number of nitrogens with zero attached hydrogens (tertiary/aromatic N) is 4. The van der Waals surface area contributed by atoms with Crippen molar-refractivity contribution in [1.82, 2.24) is 25.4 Å². The minimum Gasteiger partial charge on any atom is -0.496 e. The van der Waals surface area contributed by atoms with E-state index in [0.29, 0.717) is 6.61 Å². The average molecular weight is 569 g/mol. The maximum Gasteiger partial charge on any atom is 0.191 e. The van der Waals surface area contributed by atoms with Crippen LogP contribution in [0.5, 0.6) is 5.75 Å². The van der Waals surface area contributed by atoms with Gasteiger partial charge in [-0.25, -0.2) is 9.67 Å². The van der Waals surface area contributed by atoms with Gasteiger partial charge in [0.05, 0.1) is 20.2 Å². The number of ether oxygens (including phenoxy) is 2. The molecule has 1 aliphatic heterocycles. The number of aryl methyl sites for hydroxylation is 1. The Kier molecular flexibility index (Phi) is 9.37. The Morgan fingerprint density at radius 2 is 2.03 bits per heavy atom. The minimum absolute atomic E-state index is 0. The number of hydrogen-bond acceptors (Lipinski definition) is 5. The number of para-hydroxylation sites is 1. The molecule has 0 amide bonds. The van der Waals surface area contributed by atoms with Crippen molar-refractivity contribution < 1.29 is 9.47 Å². The number of benzene rings is 1. The van der Waals surface area contributed by atoms with Crippen LogP contribution in [0.25, 0.3) is 0 Å². The van der Waals surface area contributed by atoms with Crippen LogP contribution >= 0.6 is 24.0 Å². The van der Waals surface area contributed by atoms with Gasteiger partial charge in [-0.05, 0) is 32.3 Å². The fourth-order valence-corrected chi connectivity index (χ4v) is 5.06. The number of halogens is 1. The van der Waals surface area contributed by atoms with E-state index in [9.17, 15) is 0 Å². The normalized spacial score (nSPS) is 19.5. The number of guanidine groups is 1. The molecule has 2 aromatic rings. The Morgan fingerprint density at radius 1 is 1.24 bits per heavy atom. The number of methoxy groups -OCH3 is 2. The first-order valence-electron chi connectivity index (χ1n) is 11.8. The van der Waals surface area contributed by atoms with Gasteiger partial charge in [0.2, 0.25) is 0 Å². The van der Waals surface area contributed by atoms with Crippen LogP contribution in [0.3, 0.4) is 0 Å². The molecule has 2 N–H and O–H groups in total. The Hall–Kier alpha value is -1.88. The second-order valence-electron chi connectivity index (χ2n) is 8.82. The zero-order chi connectivity index (χ0) is 22.4. The molecule has 1 fully saturated rings. The fourth-order valence-electron chi connectivity index (χ4n) is 5.06. The summed E-state index contributed by atoms with van der Waals surface area (Å²) in [7, 11) is 3.43. The summed E-state index contributed by atoms with van der Waals surface area (Å²) >= 11 is 0. The molecule has 9 heteroatoms. The maximum absolute atomic E-state index is 5.71. The minimum atomic E-state index is 0. The van der Waals surface area contributed by atoms with E-state index < -0.39 is 0 Å². The van der Waals surface area contributed by atoms with E-state index in [1.807, 2.05) is 10.7 Å². The number of aliphatic imine (C=N–C) groups is 1. The van der Waals surface area contributed by atoms with Gasteiger partial charge in [0.15, 0.2) is 11.8 Å². The van der Waals surface area contributed by atoms with E-state index in [1.54, 1.807) is 14.2 Å². The molecule has 182 valence electrons. The molecular formula is C24H37IN6O2. The summed E-state index contributed by atoms with van der Waals surface area (Å²) in [5.74, 6) is 3.64. The van der Waals surface area contributed by atoms with Crippen LogP contribution in [0, 0.1) is 0 Å². The monoisotopic (exact) mass is 568 g/mol. The molecule has 1 atom stereocenters. The molecule has 33 heavy (non-hydrogen) atoms. The standard InChI is InChI=1S/C24H36N6O2.HI/c1-4-25-23(27-18-11-12-22-28-21(16-31-2)29-30(22)15-18)26-17-24(13-7-8-14-24)19-9-5-6-10-20(19)32-3;/h5-6,9-10,18H,4,7-8,11-17H2,1-3H3,(H2,25,26,27);1H. The smallest absolute Gasteiger partial charge is 0.191 e. The summed E-state index contributed by atoms with van der Waals surface area (Å²) in [6.45, 7) is 4.92. The van der Waals surface area contributed by atoms with E-state index >= 15 is 0 Å². The highest BCUT2D eigenvalue weighted by Gasteiger charge is 2.37. The fraction of sp³-hybridized carbons (Fsp3) is 0.625. The first kappa shape index (κ1) is 25.7. The number of rotatable bonds is 8.